The summed E-state index contributed by atoms with van der Waals surface area (Å²) in [7, 11) is 0. The molecule has 1 saturated heterocycles. The van der Waals surface area contributed by atoms with Crippen molar-refractivity contribution in [1.82, 2.24) is 19.5 Å². The minimum Gasteiger partial charge on any atom is -0.394 e. The number of ether oxygens (including phenoxy) is 2. The normalized spacial score (nSPS) is 22.2. The molecule has 1 aliphatic rings. The van der Waals surface area contributed by atoms with Gasteiger partial charge in [-0.3, -0.25) is 9.36 Å². The topological polar surface area (TPSA) is 180 Å². The van der Waals surface area contributed by atoms with Crippen LogP contribution in [0.3, 0.4) is 0 Å². The van der Waals surface area contributed by atoms with Crippen molar-refractivity contribution in [1.29, 1.82) is 0 Å². The Kier molecular flexibility index (Phi) is 7.07. The summed E-state index contributed by atoms with van der Waals surface area (Å²) in [6, 6.07) is 8.68. The van der Waals surface area contributed by atoms with Crippen LogP contribution >= 0.6 is 0 Å². The monoisotopic (exact) mass is 454 g/mol. The Morgan fingerprint density at radius 1 is 1.30 bits per heavy atom. The Morgan fingerprint density at radius 2 is 2.12 bits per heavy atom. The van der Waals surface area contributed by atoms with Crippen molar-refractivity contribution < 1.29 is 24.5 Å². The Labute approximate surface area is 187 Å². The number of rotatable bonds is 9. The van der Waals surface area contributed by atoms with Crippen LogP contribution in [-0.2, 0) is 9.47 Å². The average Bonchev–Trinajstić information content (AvgIpc) is 3.41. The number of benzene rings is 1. The second-order valence-corrected chi connectivity index (χ2v) is 7.25. The van der Waals surface area contributed by atoms with Crippen molar-refractivity contribution >= 4 is 22.9 Å². The molecule has 1 amide bonds. The molecule has 4 atom stereocenters. The highest BCUT2D eigenvalue weighted by atomic mass is 16.6. The number of amides is 1. The van der Waals surface area contributed by atoms with E-state index in [1.807, 2.05) is 6.07 Å². The van der Waals surface area contributed by atoms with Gasteiger partial charge in [0, 0.05) is 23.6 Å². The summed E-state index contributed by atoms with van der Waals surface area (Å²) >= 11 is 0. The molecule has 0 unspecified atom stereocenters. The van der Waals surface area contributed by atoms with E-state index in [4.69, 9.17) is 15.0 Å². The number of anilines is 1. The van der Waals surface area contributed by atoms with Gasteiger partial charge in [-0.2, -0.15) is 0 Å². The van der Waals surface area contributed by atoms with Crippen molar-refractivity contribution in [2.75, 3.05) is 25.1 Å². The lowest BCUT2D eigenvalue weighted by Crippen LogP contribution is -2.35. The van der Waals surface area contributed by atoms with Crippen LogP contribution in [0.4, 0.5) is 5.82 Å². The molecule has 0 bridgehead atoms. The van der Waals surface area contributed by atoms with Crippen LogP contribution < -0.4 is 5.32 Å². The predicted molar refractivity (Wildman–Crippen MR) is 115 cm³/mol. The van der Waals surface area contributed by atoms with E-state index >= 15 is 0 Å². The Bertz CT molecular complexity index is 1150. The number of fused-ring (bicyclic) bond motifs is 1. The summed E-state index contributed by atoms with van der Waals surface area (Å²) in [5.41, 5.74) is 9.52. The second kappa shape index (κ2) is 10.3. The van der Waals surface area contributed by atoms with Crippen LogP contribution in [0.25, 0.3) is 21.6 Å². The Morgan fingerprint density at radius 3 is 2.88 bits per heavy atom. The first kappa shape index (κ1) is 22.6. The lowest BCUT2D eigenvalue weighted by molar-refractivity contribution is -0.0705. The zero-order valence-electron chi connectivity index (χ0n) is 17.4. The van der Waals surface area contributed by atoms with Gasteiger partial charge in [0.2, 0.25) is 0 Å². The highest BCUT2D eigenvalue weighted by Crippen LogP contribution is 2.34. The number of imidazole rings is 1. The second-order valence-electron chi connectivity index (χ2n) is 7.25. The maximum absolute atomic E-state index is 12.5. The van der Waals surface area contributed by atoms with Crippen LogP contribution in [0.1, 0.15) is 23.0 Å². The van der Waals surface area contributed by atoms with Gasteiger partial charge in [0.15, 0.2) is 23.2 Å². The molecule has 0 saturated carbocycles. The maximum Gasteiger partial charge on any atom is 0.256 e. The molecule has 1 fully saturated rings. The fourth-order valence-corrected chi connectivity index (χ4v) is 3.57. The van der Waals surface area contributed by atoms with Gasteiger partial charge in [-0.15, -0.1) is 0 Å². The lowest BCUT2D eigenvalue weighted by atomic mass is 10.1. The highest BCUT2D eigenvalue weighted by Gasteiger charge is 2.45. The van der Waals surface area contributed by atoms with Gasteiger partial charge in [-0.25, -0.2) is 15.0 Å². The third-order valence-corrected chi connectivity index (χ3v) is 5.17. The highest BCUT2D eigenvalue weighted by molar-refractivity contribution is 6.06. The number of hydrogen-bond acceptors (Lipinski definition) is 9. The SMILES string of the molecule is [N-]=[N+]=NCCCO[C@@H]1[C@H](O)[C@@H](CO)O[C@H]1n1cnc2c(NC(=O)c3ccccc3)ncnc21. The summed E-state index contributed by atoms with van der Waals surface area (Å²) in [6.07, 6.45) is -0.454. The largest absolute Gasteiger partial charge is 0.394 e. The van der Waals surface area contributed by atoms with Gasteiger partial charge >= 0.3 is 0 Å². The molecular formula is C20H22N8O5. The molecule has 3 heterocycles. The van der Waals surface area contributed by atoms with Crippen molar-refractivity contribution in [2.24, 2.45) is 5.11 Å². The van der Waals surface area contributed by atoms with Gasteiger partial charge in [-0.1, -0.05) is 23.3 Å². The van der Waals surface area contributed by atoms with E-state index in [9.17, 15) is 15.0 Å². The summed E-state index contributed by atoms with van der Waals surface area (Å²) in [4.78, 5) is 28.0. The number of hydrogen-bond donors (Lipinski definition) is 3. The molecular weight excluding hydrogens is 432 g/mol. The van der Waals surface area contributed by atoms with Gasteiger partial charge in [-0.05, 0) is 24.1 Å². The molecule has 2 aromatic heterocycles. The quantitative estimate of drug-likeness (QED) is 0.188. The summed E-state index contributed by atoms with van der Waals surface area (Å²) in [6.45, 7) is 0.0506. The van der Waals surface area contributed by atoms with E-state index in [2.05, 4.69) is 30.3 Å². The van der Waals surface area contributed by atoms with Crippen molar-refractivity contribution in [3.63, 3.8) is 0 Å². The number of aliphatic hydroxyl groups is 2. The third-order valence-electron chi connectivity index (χ3n) is 5.17. The predicted octanol–water partition coefficient (Wildman–Crippen LogP) is 1.41. The Balaban J connectivity index is 1.58. The maximum atomic E-state index is 12.5. The summed E-state index contributed by atoms with van der Waals surface area (Å²) in [5.74, 6) is -0.129. The molecule has 172 valence electrons. The zero-order chi connectivity index (χ0) is 23.2. The minimum absolute atomic E-state index is 0.207. The standard InChI is InChI=1S/C20H22N8O5/c21-27-25-7-4-8-32-16-15(30)13(9-29)33-20(16)28-11-24-14-17(22-10-23-18(14)28)26-19(31)12-5-2-1-3-6-12/h1-3,5-6,10-11,13,15-16,20,29-30H,4,7-9H2,(H,22,23,26,31)/t13-,15-,16-,20-/m1/s1. The number of nitrogens with zero attached hydrogens (tertiary/aromatic N) is 7. The van der Waals surface area contributed by atoms with E-state index < -0.39 is 31.1 Å². The third kappa shape index (κ3) is 4.77. The smallest absolute Gasteiger partial charge is 0.256 e. The lowest BCUT2D eigenvalue weighted by Gasteiger charge is -2.22. The first-order chi connectivity index (χ1) is 16.1. The van der Waals surface area contributed by atoms with Crippen LogP contribution in [0.5, 0.6) is 0 Å². The van der Waals surface area contributed by atoms with E-state index in [1.165, 1.54) is 12.7 Å². The Hall–Kier alpha value is -3.61. The number of carbonyl (C=O) groups is 1. The van der Waals surface area contributed by atoms with Crippen LogP contribution in [-0.4, -0.2) is 73.7 Å². The number of nitrogens with one attached hydrogen (secondary N) is 1. The van der Waals surface area contributed by atoms with Crippen molar-refractivity contribution in [3.8, 4) is 0 Å². The first-order valence-electron chi connectivity index (χ1n) is 10.2. The average molecular weight is 454 g/mol. The molecule has 13 heteroatoms. The van der Waals surface area contributed by atoms with Crippen LogP contribution in [0.2, 0.25) is 0 Å². The van der Waals surface area contributed by atoms with Gasteiger partial charge in [0.1, 0.15) is 24.6 Å². The van der Waals surface area contributed by atoms with Crippen molar-refractivity contribution in [2.45, 2.75) is 31.0 Å². The van der Waals surface area contributed by atoms with Crippen molar-refractivity contribution in [3.05, 3.63) is 59.0 Å². The van der Waals surface area contributed by atoms with E-state index in [0.717, 1.165) is 0 Å². The molecule has 1 aliphatic heterocycles. The van der Waals surface area contributed by atoms with Crippen LogP contribution in [0.15, 0.2) is 48.1 Å². The number of aromatic nitrogens is 4. The molecule has 0 radical (unpaired) electrons. The van der Waals surface area contributed by atoms with Gasteiger partial charge < -0.3 is 25.0 Å². The molecule has 4 rings (SSSR count). The molecule has 3 aromatic rings. The molecule has 0 spiro atoms. The molecule has 1 aromatic carbocycles. The fraction of sp³-hybridized carbons (Fsp3) is 0.400. The van der Waals surface area contributed by atoms with Gasteiger partial charge in [0.25, 0.3) is 5.91 Å². The number of azide groups is 1. The van der Waals surface area contributed by atoms with E-state index in [0.29, 0.717) is 23.1 Å². The molecule has 0 aliphatic carbocycles. The minimum atomic E-state index is -1.10. The molecule has 3 N–H and O–H groups in total. The number of carbonyl (C=O) groups excluding carboxylic acids is 1. The van der Waals surface area contributed by atoms with E-state index in [-0.39, 0.29) is 24.9 Å². The first-order valence-corrected chi connectivity index (χ1v) is 10.2. The molecule has 13 nitrogen and oxygen atoms in total. The number of aliphatic hydroxyl groups excluding tert-OH is 2. The molecule has 33 heavy (non-hydrogen) atoms. The summed E-state index contributed by atoms with van der Waals surface area (Å²) in [5, 5.41) is 26.3. The van der Waals surface area contributed by atoms with Crippen LogP contribution in [0, 0.1) is 0 Å². The fourth-order valence-electron chi connectivity index (χ4n) is 3.57. The zero-order valence-corrected chi connectivity index (χ0v) is 17.4. The van der Waals surface area contributed by atoms with E-state index in [1.54, 1.807) is 28.8 Å². The van der Waals surface area contributed by atoms with Gasteiger partial charge in [0.05, 0.1) is 12.9 Å². The summed E-state index contributed by atoms with van der Waals surface area (Å²) < 4.78 is 13.2.